The average Bonchev–Trinajstić information content (AvgIpc) is 3.63. The SMILES string of the molecule is CCN1C[C@]2(COC(=O)c3ccccc3N3C(=O)C[C@H](C)C3=O)CCC(OC)C34C1C(O)(C(OC)[C@@H]32)[C@@]1(O)C[C@H](OC)[C@@H]2C[C@@H]4[C@@H]1[C@H]2OC. The summed E-state index contributed by atoms with van der Waals surface area (Å²) in [4.78, 5) is 43.3. The van der Waals surface area contributed by atoms with Crippen molar-refractivity contribution in [2.24, 2.45) is 40.4 Å². The van der Waals surface area contributed by atoms with E-state index in [1.807, 2.05) is 0 Å². The largest absolute Gasteiger partial charge is 0.461 e. The van der Waals surface area contributed by atoms with Crippen LogP contribution in [0.25, 0.3) is 0 Å². The van der Waals surface area contributed by atoms with Gasteiger partial charge in [-0.05, 0) is 43.9 Å². The van der Waals surface area contributed by atoms with Gasteiger partial charge in [0, 0.05) is 82.3 Å². The van der Waals surface area contributed by atoms with Crippen LogP contribution in [-0.4, -0.2) is 123 Å². The van der Waals surface area contributed by atoms with E-state index in [9.17, 15) is 24.6 Å². The number of benzene rings is 1. The van der Waals surface area contributed by atoms with E-state index in [0.29, 0.717) is 25.9 Å². The molecule has 1 spiro atoms. The third kappa shape index (κ3) is 3.86. The Balaban J connectivity index is 1.23. The summed E-state index contributed by atoms with van der Waals surface area (Å²) in [5, 5.41) is 26.6. The number of amides is 2. The summed E-state index contributed by atoms with van der Waals surface area (Å²) in [5.41, 5.74) is -4.17. The lowest BCUT2D eigenvalue weighted by molar-refractivity contribution is -0.320. The first-order valence-electron chi connectivity index (χ1n) is 17.9. The number of hydrogen-bond donors (Lipinski definition) is 2. The standard InChI is InChI=1S/C37H50N2O10/c1-7-38-17-34(18-49-32(42)20-10-8-9-11-23(20)39-26(40)14-19(2)31(39)41)13-12-25(46-4)36-22-15-21-24(45-3)16-35(43,27(22)28(21)47-5)37(44,33(36)38)30(48-6)29(34)36/h8-11,19,21-22,24-25,27-30,33,43-44H,7,12-18H2,1-6H3/t19-,21-,22+,24-,25?,27+,28-,29+,30?,33?,34-,35+,36?,37?/m0/s1. The molecule has 2 saturated heterocycles. The summed E-state index contributed by atoms with van der Waals surface area (Å²) in [6.45, 7) is 4.95. The van der Waals surface area contributed by atoms with Crippen molar-refractivity contribution in [3.63, 3.8) is 0 Å². The van der Waals surface area contributed by atoms with Crippen LogP contribution in [0.3, 0.4) is 0 Å². The molecule has 12 heteroatoms. The molecule has 5 aliphatic carbocycles. The third-order valence-corrected chi connectivity index (χ3v) is 14.5. The van der Waals surface area contributed by atoms with Crippen molar-refractivity contribution in [2.75, 3.05) is 53.0 Å². The predicted octanol–water partition coefficient (Wildman–Crippen LogP) is 2.04. The number of fused-ring (bicyclic) bond motifs is 2. The fourth-order valence-electron chi connectivity index (χ4n) is 13.2. The lowest BCUT2D eigenvalue weighted by Gasteiger charge is -2.70. The van der Waals surface area contributed by atoms with E-state index in [-0.39, 0.29) is 84.5 Å². The summed E-state index contributed by atoms with van der Waals surface area (Å²) in [6.07, 6.45) is 0.813. The maximum Gasteiger partial charge on any atom is 0.340 e. The van der Waals surface area contributed by atoms with Gasteiger partial charge in [-0.25, -0.2) is 9.69 Å². The molecule has 2 aliphatic heterocycles. The number of imide groups is 1. The zero-order valence-electron chi connectivity index (χ0n) is 29.3. The molecule has 1 aromatic rings. The number of aliphatic hydroxyl groups is 2. The van der Waals surface area contributed by atoms with Crippen LogP contribution < -0.4 is 4.90 Å². The summed E-state index contributed by atoms with van der Waals surface area (Å²) in [5.74, 6) is -2.47. The molecular weight excluding hydrogens is 632 g/mol. The molecular formula is C37H50N2O10. The number of nitrogens with zero attached hydrogens (tertiary/aromatic N) is 2. The molecule has 268 valence electrons. The molecule has 5 saturated carbocycles. The Kier molecular flexibility index (Phi) is 7.75. The molecule has 8 rings (SSSR count). The van der Waals surface area contributed by atoms with Crippen molar-refractivity contribution in [1.82, 2.24) is 4.90 Å². The molecule has 1 aromatic carbocycles. The highest BCUT2D eigenvalue weighted by atomic mass is 16.5. The highest BCUT2D eigenvalue weighted by Gasteiger charge is 2.91. The number of esters is 1. The molecule has 0 aromatic heterocycles. The molecule has 7 fully saturated rings. The molecule has 49 heavy (non-hydrogen) atoms. The van der Waals surface area contributed by atoms with Crippen LogP contribution in [0.5, 0.6) is 0 Å². The van der Waals surface area contributed by atoms with Gasteiger partial charge in [-0.1, -0.05) is 26.0 Å². The number of likely N-dealkylation sites (N-methyl/N-ethyl adjacent to an activating group) is 1. The molecule has 12 nitrogen and oxygen atoms in total. The van der Waals surface area contributed by atoms with Gasteiger partial charge < -0.3 is 33.9 Å². The normalized spacial score (nSPS) is 48.0. The molecule has 2 amide bonds. The number of carbonyl (C=O) groups excluding carboxylic acids is 3. The quantitative estimate of drug-likeness (QED) is 0.292. The smallest absolute Gasteiger partial charge is 0.340 e. The van der Waals surface area contributed by atoms with Crippen molar-refractivity contribution >= 4 is 23.5 Å². The number of likely N-dealkylation sites (tertiary alicyclic amines) is 1. The van der Waals surface area contributed by atoms with Crippen LogP contribution in [0.15, 0.2) is 24.3 Å². The lowest BCUT2D eigenvalue weighted by Crippen LogP contribution is -2.82. The van der Waals surface area contributed by atoms with E-state index in [0.717, 1.165) is 11.3 Å². The lowest BCUT2D eigenvalue weighted by atomic mass is 9.42. The van der Waals surface area contributed by atoms with Gasteiger partial charge in [-0.3, -0.25) is 14.5 Å². The topological polar surface area (TPSA) is 144 Å². The van der Waals surface area contributed by atoms with Crippen LogP contribution in [0.1, 0.15) is 56.3 Å². The Morgan fingerprint density at radius 1 is 1.04 bits per heavy atom. The molecule has 7 bridgehead atoms. The van der Waals surface area contributed by atoms with Gasteiger partial charge in [0.15, 0.2) is 0 Å². The highest BCUT2D eigenvalue weighted by Crippen LogP contribution is 2.80. The molecule has 0 radical (unpaired) electrons. The number of hydrogen-bond acceptors (Lipinski definition) is 11. The third-order valence-electron chi connectivity index (χ3n) is 14.5. The first kappa shape index (κ1) is 33.7. The summed E-state index contributed by atoms with van der Waals surface area (Å²) < 4.78 is 31.4. The fraction of sp³-hybridized carbons (Fsp3) is 0.757. The van der Waals surface area contributed by atoms with Crippen LogP contribution in [-0.2, 0) is 33.3 Å². The molecule has 7 aliphatic rings. The number of ether oxygens (including phenoxy) is 5. The predicted molar refractivity (Wildman–Crippen MR) is 174 cm³/mol. The van der Waals surface area contributed by atoms with Gasteiger partial charge in [0.05, 0.1) is 48.3 Å². The maximum absolute atomic E-state index is 14.1. The molecule has 2 N–H and O–H groups in total. The molecule has 2 heterocycles. The van der Waals surface area contributed by atoms with Crippen LogP contribution in [0, 0.1) is 40.4 Å². The summed E-state index contributed by atoms with van der Waals surface area (Å²) in [6, 6.07) is 6.12. The average molecular weight is 683 g/mol. The van der Waals surface area contributed by atoms with Gasteiger partial charge >= 0.3 is 5.97 Å². The zero-order chi connectivity index (χ0) is 34.8. The number of para-hydroxylation sites is 1. The van der Waals surface area contributed by atoms with Gasteiger partial charge in [0.1, 0.15) is 11.2 Å². The Morgan fingerprint density at radius 2 is 1.80 bits per heavy atom. The van der Waals surface area contributed by atoms with E-state index >= 15 is 0 Å². The second-order valence-electron chi connectivity index (χ2n) is 16.0. The minimum atomic E-state index is -1.70. The van der Waals surface area contributed by atoms with Crippen LogP contribution >= 0.6 is 0 Å². The monoisotopic (exact) mass is 682 g/mol. The van der Waals surface area contributed by atoms with Crippen molar-refractivity contribution in [1.29, 1.82) is 0 Å². The van der Waals surface area contributed by atoms with E-state index in [1.165, 1.54) is 0 Å². The van der Waals surface area contributed by atoms with Crippen molar-refractivity contribution in [3.8, 4) is 0 Å². The molecule has 14 atom stereocenters. The van der Waals surface area contributed by atoms with E-state index in [1.54, 1.807) is 59.6 Å². The summed E-state index contributed by atoms with van der Waals surface area (Å²) >= 11 is 0. The zero-order valence-corrected chi connectivity index (χ0v) is 29.3. The van der Waals surface area contributed by atoms with Crippen molar-refractivity contribution < 1.29 is 48.3 Å². The van der Waals surface area contributed by atoms with Gasteiger partial charge in [0.25, 0.3) is 0 Å². The number of methoxy groups -OCH3 is 4. The Hall–Kier alpha value is -2.45. The Morgan fingerprint density at radius 3 is 2.43 bits per heavy atom. The van der Waals surface area contributed by atoms with Gasteiger partial charge in [-0.15, -0.1) is 0 Å². The minimum absolute atomic E-state index is 0.0358. The second kappa shape index (κ2) is 11.3. The van der Waals surface area contributed by atoms with Crippen LogP contribution in [0.4, 0.5) is 5.69 Å². The Labute approximate surface area is 287 Å². The number of rotatable bonds is 9. The van der Waals surface area contributed by atoms with Crippen LogP contribution in [0.2, 0.25) is 0 Å². The second-order valence-corrected chi connectivity index (χ2v) is 16.0. The highest BCUT2D eigenvalue weighted by molar-refractivity contribution is 6.22. The number of piperidine rings is 1. The number of carbonyl (C=O) groups is 3. The number of anilines is 1. The van der Waals surface area contributed by atoms with Crippen molar-refractivity contribution in [3.05, 3.63) is 29.8 Å². The first-order chi connectivity index (χ1) is 23.4. The van der Waals surface area contributed by atoms with E-state index in [2.05, 4.69) is 11.8 Å². The fourth-order valence-corrected chi connectivity index (χ4v) is 13.2. The van der Waals surface area contributed by atoms with E-state index in [4.69, 9.17) is 23.7 Å². The molecule has 5 unspecified atom stereocenters. The van der Waals surface area contributed by atoms with Crippen molar-refractivity contribution in [2.45, 2.75) is 87.6 Å². The Bertz CT molecular complexity index is 1560. The van der Waals surface area contributed by atoms with E-state index < -0.39 is 46.1 Å². The minimum Gasteiger partial charge on any atom is -0.461 e. The van der Waals surface area contributed by atoms with Gasteiger partial charge in [0.2, 0.25) is 11.8 Å². The summed E-state index contributed by atoms with van der Waals surface area (Å²) in [7, 11) is 6.70. The first-order valence-corrected chi connectivity index (χ1v) is 17.9. The van der Waals surface area contributed by atoms with Gasteiger partial charge in [-0.2, -0.15) is 0 Å². The maximum atomic E-state index is 14.1.